The molecule has 32 heavy (non-hydrogen) atoms. The van der Waals surface area contributed by atoms with Crippen molar-refractivity contribution in [2.75, 3.05) is 20.8 Å². The van der Waals surface area contributed by atoms with Gasteiger partial charge in [-0.2, -0.15) is 0 Å². The quantitative estimate of drug-likeness (QED) is 0.346. The number of aromatic nitrogens is 3. The van der Waals surface area contributed by atoms with Crippen molar-refractivity contribution in [3.05, 3.63) is 59.4 Å². The predicted molar refractivity (Wildman–Crippen MR) is 120 cm³/mol. The third-order valence-corrected chi connectivity index (χ3v) is 6.52. The first-order valence-corrected chi connectivity index (χ1v) is 11.6. The van der Waals surface area contributed by atoms with E-state index < -0.39 is 6.10 Å². The minimum Gasteiger partial charge on any atom is -0.497 e. The summed E-state index contributed by atoms with van der Waals surface area (Å²) in [6.07, 6.45) is -0.430. The van der Waals surface area contributed by atoms with Crippen LogP contribution in [0.1, 0.15) is 17.7 Å². The monoisotopic (exact) mass is 469 g/mol. The van der Waals surface area contributed by atoms with Gasteiger partial charge in [0, 0.05) is 17.2 Å². The maximum absolute atomic E-state index is 5.92. The minimum atomic E-state index is -0.430. The zero-order valence-electron chi connectivity index (χ0n) is 17.3. The molecule has 0 saturated heterocycles. The second-order valence-electron chi connectivity index (χ2n) is 6.77. The van der Waals surface area contributed by atoms with Crippen molar-refractivity contribution in [3.8, 4) is 33.6 Å². The van der Waals surface area contributed by atoms with Crippen molar-refractivity contribution < 1.29 is 23.4 Å². The Labute approximate surface area is 192 Å². The Morgan fingerprint density at radius 1 is 1.09 bits per heavy atom. The number of nitrogens with zero attached hydrogens (tertiary/aromatic N) is 3. The Kier molecular flexibility index (Phi) is 5.87. The molecule has 2 aromatic carbocycles. The molecule has 0 saturated carbocycles. The van der Waals surface area contributed by atoms with Gasteiger partial charge in [-0.15, -0.1) is 21.5 Å². The maximum atomic E-state index is 5.92. The zero-order valence-corrected chi connectivity index (χ0v) is 18.9. The molecular weight excluding hydrogens is 450 g/mol. The summed E-state index contributed by atoms with van der Waals surface area (Å²) in [7, 11) is 3.26. The molecule has 4 aromatic rings. The molecule has 1 aliphatic rings. The van der Waals surface area contributed by atoms with Gasteiger partial charge in [0.2, 0.25) is 6.10 Å². The predicted octanol–water partition coefficient (Wildman–Crippen LogP) is 5.02. The van der Waals surface area contributed by atoms with E-state index in [1.165, 1.54) is 11.8 Å². The Morgan fingerprint density at radius 3 is 2.81 bits per heavy atom. The van der Waals surface area contributed by atoms with E-state index in [0.717, 1.165) is 27.8 Å². The largest absolute Gasteiger partial charge is 0.497 e. The molecule has 10 heteroatoms. The number of hydrogen-bond donors (Lipinski definition) is 0. The molecule has 0 N–H and O–H groups in total. The van der Waals surface area contributed by atoms with Gasteiger partial charge >= 0.3 is 0 Å². The van der Waals surface area contributed by atoms with Crippen LogP contribution in [0.2, 0.25) is 0 Å². The maximum Gasteiger partial charge on any atom is 0.277 e. The fraction of sp³-hybridized carbons (Fsp3) is 0.227. The molecule has 1 aliphatic heterocycles. The number of rotatable bonds is 7. The molecule has 0 aliphatic carbocycles. The molecule has 0 spiro atoms. The summed E-state index contributed by atoms with van der Waals surface area (Å²) in [5.74, 6) is 3.83. The lowest BCUT2D eigenvalue weighted by Gasteiger charge is -2.23. The number of hydrogen-bond acceptors (Lipinski definition) is 10. The molecule has 0 bridgehead atoms. The van der Waals surface area contributed by atoms with Crippen LogP contribution in [-0.2, 0) is 5.75 Å². The first-order valence-electron chi connectivity index (χ1n) is 9.75. The van der Waals surface area contributed by atoms with Gasteiger partial charge in [-0.25, -0.2) is 4.98 Å². The average Bonchev–Trinajstić information content (AvgIpc) is 3.52. The van der Waals surface area contributed by atoms with Gasteiger partial charge in [-0.1, -0.05) is 23.9 Å². The Morgan fingerprint density at radius 2 is 1.97 bits per heavy atom. The van der Waals surface area contributed by atoms with E-state index in [1.807, 2.05) is 47.8 Å². The number of thioether (sulfide) groups is 1. The molecule has 5 rings (SSSR count). The highest BCUT2D eigenvalue weighted by molar-refractivity contribution is 7.98. The van der Waals surface area contributed by atoms with Crippen LogP contribution in [0, 0.1) is 0 Å². The lowest BCUT2D eigenvalue weighted by Crippen LogP contribution is -2.21. The van der Waals surface area contributed by atoms with Crippen molar-refractivity contribution in [1.29, 1.82) is 0 Å². The second kappa shape index (κ2) is 9.09. The van der Waals surface area contributed by atoms with Crippen molar-refractivity contribution >= 4 is 23.1 Å². The smallest absolute Gasteiger partial charge is 0.277 e. The third-order valence-electron chi connectivity index (χ3n) is 4.74. The van der Waals surface area contributed by atoms with Gasteiger partial charge in [0.15, 0.2) is 11.5 Å². The van der Waals surface area contributed by atoms with Crippen molar-refractivity contribution in [2.45, 2.75) is 17.1 Å². The number of methoxy groups -OCH3 is 2. The lowest BCUT2D eigenvalue weighted by molar-refractivity contribution is 0.0686. The van der Waals surface area contributed by atoms with Crippen LogP contribution in [0.25, 0.3) is 10.6 Å². The number of benzene rings is 2. The number of para-hydroxylation sites is 2. The molecule has 0 fully saturated rings. The van der Waals surface area contributed by atoms with Crippen LogP contribution in [0.5, 0.6) is 23.0 Å². The number of ether oxygens (including phenoxy) is 4. The van der Waals surface area contributed by atoms with E-state index in [4.69, 9.17) is 28.3 Å². The molecule has 164 valence electrons. The van der Waals surface area contributed by atoms with E-state index in [-0.39, 0.29) is 0 Å². The van der Waals surface area contributed by atoms with E-state index in [0.29, 0.717) is 35.0 Å². The first kappa shape index (κ1) is 20.7. The Hall–Kier alpha value is -3.24. The number of thiazole rings is 1. The van der Waals surface area contributed by atoms with Crippen molar-refractivity contribution in [3.63, 3.8) is 0 Å². The minimum absolute atomic E-state index is 0.322. The van der Waals surface area contributed by atoms with Crippen LogP contribution in [-0.4, -0.2) is 36.0 Å². The highest BCUT2D eigenvalue weighted by Gasteiger charge is 2.27. The Bertz CT molecular complexity index is 1230. The highest BCUT2D eigenvalue weighted by Crippen LogP contribution is 2.37. The first-order chi connectivity index (χ1) is 15.7. The Balaban J connectivity index is 1.23. The van der Waals surface area contributed by atoms with Crippen LogP contribution < -0.4 is 18.9 Å². The topological polar surface area (TPSA) is 88.7 Å². The van der Waals surface area contributed by atoms with Gasteiger partial charge in [0.05, 0.1) is 25.5 Å². The lowest BCUT2D eigenvalue weighted by atomic mass is 10.2. The van der Waals surface area contributed by atoms with Crippen LogP contribution in [0.3, 0.4) is 0 Å². The van der Waals surface area contributed by atoms with E-state index in [2.05, 4.69) is 10.2 Å². The fourth-order valence-electron chi connectivity index (χ4n) is 3.16. The van der Waals surface area contributed by atoms with Gasteiger partial charge < -0.3 is 23.4 Å². The zero-order chi connectivity index (χ0) is 21.9. The van der Waals surface area contributed by atoms with Gasteiger partial charge in [0.1, 0.15) is 23.1 Å². The fourth-order valence-corrected chi connectivity index (χ4v) is 4.77. The number of fused-ring (bicyclic) bond motifs is 1. The van der Waals surface area contributed by atoms with Crippen molar-refractivity contribution in [1.82, 2.24) is 15.2 Å². The van der Waals surface area contributed by atoms with E-state index in [9.17, 15) is 0 Å². The molecule has 2 aromatic heterocycles. The second-order valence-corrected chi connectivity index (χ2v) is 8.55. The molecule has 1 unspecified atom stereocenters. The molecular formula is C22H19N3O5S2. The highest BCUT2D eigenvalue weighted by atomic mass is 32.2. The summed E-state index contributed by atoms with van der Waals surface area (Å²) in [6, 6.07) is 13.2. The van der Waals surface area contributed by atoms with E-state index >= 15 is 0 Å². The summed E-state index contributed by atoms with van der Waals surface area (Å²) in [4.78, 5) is 4.72. The van der Waals surface area contributed by atoms with E-state index in [1.54, 1.807) is 25.6 Å². The average molecular weight is 470 g/mol. The molecule has 1 atom stereocenters. The van der Waals surface area contributed by atoms with Gasteiger partial charge in [-0.3, -0.25) is 0 Å². The molecule has 3 heterocycles. The van der Waals surface area contributed by atoms with Crippen LogP contribution in [0.4, 0.5) is 0 Å². The summed E-state index contributed by atoms with van der Waals surface area (Å²) < 4.78 is 28.2. The van der Waals surface area contributed by atoms with Crippen molar-refractivity contribution in [2.24, 2.45) is 0 Å². The molecule has 0 radical (unpaired) electrons. The van der Waals surface area contributed by atoms with Gasteiger partial charge in [0.25, 0.3) is 11.1 Å². The van der Waals surface area contributed by atoms with Crippen LogP contribution in [0.15, 0.2) is 57.5 Å². The third kappa shape index (κ3) is 4.23. The SMILES string of the molecule is COc1ccc(-c2nc(CSc3nnc(C4COc5ccccc5O4)o3)cs2)c(OC)c1. The van der Waals surface area contributed by atoms with Crippen LogP contribution >= 0.6 is 23.1 Å². The summed E-state index contributed by atoms with van der Waals surface area (Å²) in [6.45, 7) is 0.322. The summed E-state index contributed by atoms with van der Waals surface area (Å²) in [5, 5.41) is 11.6. The summed E-state index contributed by atoms with van der Waals surface area (Å²) in [5.41, 5.74) is 1.84. The summed E-state index contributed by atoms with van der Waals surface area (Å²) >= 11 is 2.98. The molecule has 8 nitrogen and oxygen atoms in total. The molecule has 0 amide bonds. The normalized spacial score (nSPS) is 14.9. The standard InChI is InChI=1S/C22H19N3O5S2/c1-26-14-7-8-15(18(9-14)27-2)21-23-13(11-31-21)12-32-22-25-24-20(30-22)19-10-28-16-5-3-4-6-17(16)29-19/h3-9,11,19H,10,12H2,1-2H3. The van der Waals surface area contributed by atoms with Gasteiger partial charge in [-0.05, 0) is 24.3 Å².